The Kier molecular flexibility index (Phi) is 8.80. The molecule has 0 radical (unpaired) electrons. The Hall–Kier alpha value is -1.95. The van der Waals surface area contributed by atoms with Crippen molar-refractivity contribution in [2.24, 2.45) is 0 Å². The molecule has 0 bridgehead atoms. The highest BCUT2D eigenvalue weighted by Gasteiger charge is 2.01. The molecule has 1 amide bonds. The first-order chi connectivity index (χ1) is 9.83. The molecule has 3 nitrogen and oxygen atoms in total. The average molecular weight is 273 g/mol. The Morgan fingerprint density at radius 3 is 2.55 bits per heavy atom. The van der Waals surface area contributed by atoms with Crippen LogP contribution in [0.1, 0.15) is 44.1 Å². The molecule has 0 saturated carbocycles. The molecule has 0 fully saturated rings. The van der Waals surface area contributed by atoms with Gasteiger partial charge in [-0.05, 0) is 18.4 Å². The Labute approximate surface area is 121 Å². The maximum atomic E-state index is 11.4. The zero-order valence-electron chi connectivity index (χ0n) is 11.9. The van der Waals surface area contributed by atoms with Gasteiger partial charge in [-0.2, -0.15) is 0 Å². The van der Waals surface area contributed by atoms with Crippen LogP contribution in [0.15, 0.2) is 30.3 Å². The van der Waals surface area contributed by atoms with Crippen molar-refractivity contribution in [3.05, 3.63) is 35.9 Å². The van der Waals surface area contributed by atoms with E-state index in [-0.39, 0.29) is 6.09 Å². The number of nitrogens with one attached hydrogen (secondary N) is 1. The summed E-state index contributed by atoms with van der Waals surface area (Å²) in [6, 6.07) is 9.66. The van der Waals surface area contributed by atoms with E-state index in [0.29, 0.717) is 13.2 Å². The summed E-state index contributed by atoms with van der Waals surface area (Å²) >= 11 is 0. The third kappa shape index (κ3) is 8.20. The molecule has 1 aromatic carbocycles. The monoisotopic (exact) mass is 273 g/mol. The number of terminal acetylenes is 1. The molecular weight excluding hydrogens is 250 g/mol. The number of benzene rings is 1. The van der Waals surface area contributed by atoms with Gasteiger partial charge in [0.25, 0.3) is 0 Å². The van der Waals surface area contributed by atoms with Crippen LogP contribution >= 0.6 is 0 Å². The Morgan fingerprint density at radius 2 is 1.80 bits per heavy atom. The van der Waals surface area contributed by atoms with Gasteiger partial charge in [0.2, 0.25) is 0 Å². The van der Waals surface area contributed by atoms with Crippen molar-refractivity contribution in [2.45, 2.75) is 45.1 Å². The average Bonchev–Trinajstić information content (AvgIpc) is 2.49. The van der Waals surface area contributed by atoms with Gasteiger partial charge in [-0.3, -0.25) is 0 Å². The van der Waals surface area contributed by atoms with E-state index in [1.54, 1.807) is 0 Å². The Bertz CT molecular complexity index is 409. The maximum absolute atomic E-state index is 11.4. The van der Waals surface area contributed by atoms with Crippen molar-refractivity contribution < 1.29 is 9.53 Å². The second kappa shape index (κ2) is 10.9. The largest absolute Gasteiger partial charge is 0.445 e. The standard InChI is InChI=1S/C17H23NO2/c1-2-3-4-5-6-7-11-14-18-17(19)20-15-16-12-9-8-10-13-16/h1,8-10,12-13H,3-7,11,14-15H2,(H,18,19). The molecular formula is C17H23NO2. The molecule has 0 spiro atoms. The second-order valence-corrected chi connectivity index (χ2v) is 4.71. The van der Waals surface area contributed by atoms with Crippen molar-refractivity contribution in [3.63, 3.8) is 0 Å². The minimum absolute atomic E-state index is 0.318. The molecule has 1 rings (SSSR count). The van der Waals surface area contributed by atoms with E-state index in [1.165, 1.54) is 12.8 Å². The zero-order valence-corrected chi connectivity index (χ0v) is 11.9. The van der Waals surface area contributed by atoms with Crippen LogP contribution in [-0.4, -0.2) is 12.6 Å². The minimum atomic E-state index is -0.346. The third-order valence-electron chi connectivity index (χ3n) is 2.98. The van der Waals surface area contributed by atoms with Crippen molar-refractivity contribution >= 4 is 6.09 Å². The van der Waals surface area contributed by atoms with E-state index < -0.39 is 0 Å². The van der Waals surface area contributed by atoms with Crippen molar-refractivity contribution in [3.8, 4) is 12.3 Å². The number of carbonyl (C=O) groups is 1. The van der Waals surface area contributed by atoms with Crippen LogP contribution in [0, 0.1) is 12.3 Å². The van der Waals surface area contributed by atoms with Crippen LogP contribution in [-0.2, 0) is 11.3 Å². The van der Waals surface area contributed by atoms with Gasteiger partial charge >= 0.3 is 6.09 Å². The topological polar surface area (TPSA) is 38.3 Å². The van der Waals surface area contributed by atoms with Crippen LogP contribution in [0.25, 0.3) is 0 Å². The summed E-state index contributed by atoms with van der Waals surface area (Å²) in [6.45, 7) is 0.988. The van der Waals surface area contributed by atoms with Crippen LogP contribution in [0.3, 0.4) is 0 Å². The Morgan fingerprint density at radius 1 is 1.10 bits per heavy atom. The van der Waals surface area contributed by atoms with E-state index in [1.807, 2.05) is 30.3 Å². The van der Waals surface area contributed by atoms with E-state index in [0.717, 1.165) is 31.2 Å². The first kappa shape index (κ1) is 16.1. The summed E-state index contributed by atoms with van der Waals surface area (Å²) in [7, 11) is 0. The van der Waals surface area contributed by atoms with Gasteiger partial charge < -0.3 is 10.1 Å². The van der Waals surface area contributed by atoms with E-state index in [9.17, 15) is 4.79 Å². The van der Waals surface area contributed by atoms with Gasteiger partial charge in [-0.25, -0.2) is 4.79 Å². The summed E-state index contributed by atoms with van der Waals surface area (Å²) in [5.41, 5.74) is 0.996. The van der Waals surface area contributed by atoms with Gasteiger partial charge in [0.05, 0.1) is 0 Å². The number of amides is 1. The quantitative estimate of drug-likeness (QED) is 0.547. The molecule has 0 aliphatic rings. The number of hydrogen-bond donors (Lipinski definition) is 1. The number of carbonyl (C=O) groups excluding carboxylic acids is 1. The molecule has 0 aliphatic heterocycles. The van der Waals surface area contributed by atoms with Gasteiger partial charge in [0.1, 0.15) is 6.61 Å². The fraction of sp³-hybridized carbons (Fsp3) is 0.471. The highest BCUT2D eigenvalue weighted by Crippen LogP contribution is 2.04. The predicted octanol–water partition coefficient (Wildman–Crippen LogP) is 3.89. The molecule has 20 heavy (non-hydrogen) atoms. The number of ether oxygens (including phenoxy) is 1. The first-order valence-corrected chi connectivity index (χ1v) is 7.21. The van der Waals surface area contributed by atoms with E-state index >= 15 is 0 Å². The van der Waals surface area contributed by atoms with Gasteiger partial charge in [0.15, 0.2) is 0 Å². The summed E-state index contributed by atoms with van der Waals surface area (Å²) in [5.74, 6) is 2.64. The lowest BCUT2D eigenvalue weighted by molar-refractivity contribution is 0.139. The van der Waals surface area contributed by atoms with Gasteiger partial charge in [-0.1, -0.05) is 49.6 Å². The summed E-state index contributed by atoms with van der Waals surface area (Å²) in [6.07, 6.45) is 11.2. The van der Waals surface area contributed by atoms with Gasteiger partial charge in [-0.15, -0.1) is 12.3 Å². The van der Waals surface area contributed by atoms with Crippen molar-refractivity contribution in [1.29, 1.82) is 0 Å². The lowest BCUT2D eigenvalue weighted by Gasteiger charge is -2.07. The molecule has 3 heteroatoms. The van der Waals surface area contributed by atoms with Crippen molar-refractivity contribution in [2.75, 3.05) is 6.54 Å². The lowest BCUT2D eigenvalue weighted by Crippen LogP contribution is -2.25. The molecule has 0 saturated heterocycles. The third-order valence-corrected chi connectivity index (χ3v) is 2.98. The van der Waals surface area contributed by atoms with E-state index in [4.69, 9.17) is 11.2 Å². The molecule has 0 aromatic heterocycles. The minimum Gasteiger partial charge on any atom is -0.445 e. The normalized spacial score (nSPS) is 9.75. The molecule has 108 valence electrons. The zero-order chi connectivity index (χ0) is 14.5. The maximum Gasteiger partial charge on any atom is 0.407 e. The molecule has 1 aromatic rings. The molecule has 0 heterocycles. The van der Waals surface area contributed by atoms with Crippen molar-refractivity contribution in [1.82, 2.24) is 5.32 Å². The Balaban J connectivity index is 1.94. The van der Waals surface area contributed by atoms with Gasteiger partial charge in [0, 0.05) is 13.0 Å². The second-order valence-electron chi connectivity index (χ2n) is 4.71. The molecule has 0 atom stereocenters. The SMILES string of the molecule is C#CCCCCCCCNC(=O)OCc1ccccc1. The molecule has 1 N–H and O–H groups in total. The molecule has 0 aliphatic carbocycles. The highest BCUT2D eigenvalue weighted by molar-refractivity contribution is 5.67. The number of unbranched alkanes of at least 4 members (excludes halogenated alkanes) is 5. The van der Waals surface area contributed by atoms with Crippen LogP contribution in [0.4, 0.5) is 4.79 Å². The summed E-state index contributed by atoms with van der Waals surface area (Å²) in [5, 5.41) is 2.76. The lowest BCUT2D eigenvalue weighted by atomic mass is 10.1. The fourth-order valence-corrected chi connectivity index (χ4v) is 1.85. The number of rotatable bonds is 9. The van der Waals surface area contributed by atoms with E-state index in [2.05, 4.69) is 11.2 Å². The molecule has 0 unspecified atom stereocenters. The number of alkyl carbamates (subject to hydrolysis) is 1. The van der Waals surface area contributed by atoms with Crippen LogP contribution < -0.4 is 5.32 Å². The highest BCUT2D eigenvalue weighted by atomic mass is 16.5. The fourth-order valence-electron chi connectivity index (χ4n) is 1.85. The van der Waals surface area contributed by atoms with Crippen LogP contribution in [0.5, 0.6) is 0 Å². The summed E-state index contributed by atoms with van der Waals surface area (Å²) in [4.78, 5) is 11.4. The smallest absolute Gasteiger partial charge is 0.407 e. The summed E-state index contributed by atoms with van der Waals surface area (Å²) < 4.78 is 5.12. The number of hydrogen-bond acceptors (Lipinski definition) is 2. The predicted molar refractivity (Wildman–Crippen MR) is 81.2 cm³/mol. The van der Waals surface area contributed by atoms with Crippen LogP contribution in [0.2, 0.25) is 0 Å². The first-order valence-electron chi connectivity index (χ1n) is 7.21.